The molecule has 5 aromatic rings. The van der Waals surface area contributed by atoms with E-state index in [-0.39, 0.29) is 41.3 Å². The number of carbonyl (C=O) groups is 4. The molecule has 0 bridgehead atoms. The van der Waals surface area contributed by atoms with Crippen LogP contribution in [0.1, 0.15) is 24.4 Å². The Labute approximate surface area is 281 Å². The van der Waals surface area contributed by atoms with E-state index < -0.39 is 75.2 Å². The van der Waals surface area contributed by atoms with Gasteiger partial charge in [0.2, 0.25) is 17.7 Å². The van der Waals surface area contributed by atoms with Crippen LogP contribution in [0.2, 0.25) is 0 Å². The van der Waals surface area contributed by atoms with Crippen molar-refractivity contribution in [2.75, 3.05) is 16.2 Å². The summed E-state index contributed by atoms with van der Waals surface area (Å²) in [6, 6.07) is 13.5. The van der Waals surface area contributed by atoms with Crippen LogP contribution in [-0.4, -0.2) is 52.8 Å². The molecule has 4 N–H and O–H groups in total. The van der Waals surface area contributed by atoms with Gasteiger partial charge in [-0.25, -0.2) is 22.6 Å². The van der Waals surface area contributed by atoms with Gasteiger partial charge in [-0.2, -0.15) is 8.42 Å². The van der Waals surface area contributed by atoms with E-state index in [2.05, 4.69) is 10.6 Å². The number of fused-ring (bicyclic) bond motifs is 2. The molecular weight excluding hydrogens is 678 g/mol. The smallest absolute Gasteiger partial charge is 0.329 e. The number of amides is 4. The molecule has 2 aliphatic heterocycles. The Bertz CT molecular complexity index is 2510. The van der Waals surface area contributed by atoms with Gasteiger partial charge in [0.1, 0.15) is 29.8 Å². The Morgan fingerprint density at radius 1 is 0.960 bits per heavy atom. The molecule has 0 saturated carbocycles. The lowest BCUT2D eigenvalue weighted by molar-refractivity contribution is -0.135. The number of halogens is 2. The normalized spacial score (nSPS) is 17.3. The average molecular weight is 705 g/mol. The number of anilines is 2. The first-order chi connectivity index (χ1) is 23.7. The molecular formula is C33H26F2N6O8S. The molecule has 2 fully saturated rings. The molecule has 0 radical (unpaired) electrons. The number of imide groups is 1. The number of benzene rings is 4. The van der Waals surface area contributed by atoms with Crippen LogP contribution in [0.15, 0.2) is 65.5 Å². The Hall–Kier alpha value is -6.10. The zero-order valence-corrected chi connectivity index (χ0v) is 26.8. The summed E-state index contributed by atoms with van der Waals surface area (Å²) in [5.74, 6) is -4.94. The monoisotopic (exact) mass is 704 g/mol. The molecule has 4 aromatic carbocycles. The number of imidazole rings is 1. The molecule has 14 nitrogen and oxygen atoms in total. The number of nitrogens with one attached hydrogen (secondary N) is 3. The van der Waals surface area contributed by atoms with Crippen LogP contribution in [-0.2, 0) is 42.9 Å². The number of aryl methyl sites for hydroxylation is 1. The number of rotatable bonds is 6. The number of piperidine rings is 1. The highest BCUT2D eigenvalue weighted by Crippen LogP contribution is 2.39. The summed E-state index contributed by atoms with van der Waals surface area (Å²) >= 11 is 0. The van der Waals surface area contributed by atoms with Crippen LogP contribution in [0, 0.1) is 11.6 Å². The molecule has 1 atom stereocenters. The van der Waals surface area contributed by atoms with Gasteiger partial charge in [-0.05, 0) is 71.0 Å². The molecule has 2 saturated heterocycles. The fraction of sp³-hybridized carbons (Fsp3) is 0.182. The average Bonchev–Trinajstić information content (AvgIpc) is 3.46. The number of nitrogens with zero attached hydrogens (tertiary/aromatic N) is 3. The lowest BCUT2D eigenvalue weighted by Crippen LogP contribution is -2.44. The Morgan fingerprint density at radius 3 is 2.40 bits per heavy atom. The number of carbonyl (C=O) groups excluding carboxylic acids is 4. The summed E-state index contributed by atoms with van der Waals surface area (Å²) in [6.45, 7) is -0.707. The van der Waals surface area contributed by atoms with Crippen molar-refractivity contribution in [3.8, 4) is 16.9 Å². The van der Waals surface area contributed by atoms with Gasteiger partial charge in [0, 0.05) is 24.5 Å². The SMILES string of the molecule is Cn1c(=O)n(C2CCC(=O)NC2=O)c2ccc(-c3ccc(CC(=O)Nc4ccc5c(F)c(N6CC(=O)NS6(=O)=O)c(O)cc5c4)c(F)c3)cc21. The van der Waals surface area contributed by atoms with Crippen molar-refractivity contribution < 1.29 is 41.5 Å². The van der Waals surface area contributed by atoms with E-state index in [0.717, 1.165) is 6.07 Å². The van der Waals surface area contributed by atoms with Crippen LogP contribution >= 0.6 is 0 Å². The highest BCUT2D eigenvalue weighted by molar-refractivity contribution is 7.92. The van der Waals surface area contributed by atoms with Gasteiger partial charge in [-0.3, -0.25) is 33.6 Å². The first kappa shape index (κ1) is 32.4. The third-order valence-electron chi connectivity index (χ3n) is 8.73. The first-order valence-electron chi connectivity index (χ1n) is 15.1. The van der Waals surface area contributed by atoms with Crippen LogP contribution in [0.4, 0.5) is 20.2 Å². The quantitative estimate of drug-likeness (QED) is 0.194. The summed E-state index contributed by atoms with van der Waals surface area (Å²) in [4.78, 5) is 61.7. The first-order valence-corrected chi connectivity index (χ1v) is 16.6. The van der Waals surface area contributed by atoms with Crippen molar-refractivity contribution in [3.63, 3.8) is 0 Å². The van der Waals surface area contributed by atoms with Gasteiger partial charge < -0.3 is 10.4 Å². The topological polar surface area (TPSA) is 189 Å². The second-order valence-corrected chi connectivity index (χ2v) is 13.5. The highest BCUT2D eigenvalue weighted by Gasteiger charge is 2.38. The summed E-state index contributed by atoms with van der Waals surface area (Å²) in [5, 5.41) is 15.4. The van der Waals surface area contributed by atoms with E-state index in [1.165, 1.54) is 39.5 Å². The lowest BCUT2D eigenvalue weighted by atomic mass is 10.0. The predicted octanol–water partition coefficient (Wildman–Crippen LogP) is 2.48. The molecule has 7 rings (SSSR count). The van der Waals surface area contributed by atoms with Crippen molar-refractivity contribution in [1.82, 2.24) is 19.2 Å². The third-order valence-corrected chi connectivity index (χ3v) is 10.1. The minimum atomic E-state index is -4.39. The van der Waals surface area contributed by atoms with Crippen molar-refractivity contribution in [3.05, 3.63) is 88.3 Å². The van der Waals surface area contributed by atoms with E-state index in [4.69, 9.17) is 0 Å². The molecule has 4 amide bonds. The standard InChI is InChI=1S/C33H26F2N6O8S/c1-39-25-12-17(4-7-23(25)41(33(39)47)24-8-9-27(43)37-32(24)46)16-2-3-18(22(34)11-16)14-28(44)36-20-5-6-21-19(10-20)13-26(42)31(30(21)35)40-15-29(45)38-50(40,48)49/h2-7,10-13,24,42H,8-9,14-15H2,1H3,(H,36,44)(H,38,45)(H,37,43,46). The molecule has 2 aliphatic rings. The molecule has 256 valence electrons. The minimum Gasteiger partial charge on any atom is -0.506 e. The Balaban J connectivity index is 1.09. The maximum atomic E-state index is 15.4. The van der Waals surface area contributed by atoms with E-state index in [9.17, 15) is 37.5 Å². The number of aromatic nitrogens is 2. The number of aromatic hydroxyl groups is 1. The maximum Gasteiger partial charge on any atom is 0.329 e. The van der Waals surface area contributed by atoms with Gasteiger partial charge in [0.25, 0.3) is 5.91 Å². The van der Waals surface area contributed by atoms with E-state index in [0.29, 0.717) is 26.5 Å². The molecule has 0 aliphatic carbocycles. The molecule has 17 heteroatoms. The summed E-state index contributed by atoms with van der Waals surface area (Å²) in [5.41, 5.74) is 1.15. The molecule has 1 unspecified atom stereocenters. The summed E-state index contributed by atoms with van der Waals surface area (Å²) < 4.78 is 59.9. The number of hydrogen-bond acceptors (Lipinski definition) is 8. The number of phenols is 1. The maximum absolute atomic E-state index is 15.4. The van der Waals surface area contributed by atoms with Gasteiger partial charge >= 0.3 is 15.9 Å². The number of phenolic OH excluding ortho intramolecular Hbond substituents is 1. The third kappa shape index (κ3) is 5.50. The summed E-state index contributed by atoms with van der Waals surface area (Å²) in [7, 11) is -2.84. The van der Waals surface area contributed by atoms with E-state index in [1.54, 1.807) is 36.0 Å². The van der Waals surface area contributed by atoms with Crippen molar-refractivity contribution in [2.24, 2.45) is 7.05 Å². The van der Waals surface area contributed by atoms with Gasteiger partial charge in [-0.15, -0.1) is 0 Å². The second kappa shape index (κ2) is 11.8. The Kier molecular flexibility index (Phi) is 7.66. The Morgan fingerprint density at radius 2 is 1.70 bits per heavy atom. The minimum absolute atomic E-state index is 0.0767. The fourth-order valence-corrected chi connectivity index (χ4v) is 7.48. The molecule has 1 aromatic heterocycles. The summed E-state index contributed by atoms with van der Waals surface area (Å²) in [6.07, 6.45) is -0.0733. The van der Waals surface area contributed by atoms with Gasteiger partial charge in [-0.1, -0.05) is 18.2 Å². The van der Waals surface area contributed by atoms with Crippen molar-refractivity contribution in [1.29, 1.82) is 0 Å². The zero-order valence-electron chi connectivity index (χ0n) is 26.0. The number of hydrogen-bond donors (Lipinski definition) is 4. The molecule has 0 spiro atoms. The van der Waals surface area contributed by atoms with Crippen LogP contribution in [0.25, 0.3) is 32.9 Å². The van der Waals surface area contributed by atoms with Crippen LogP contribution < -0.4 is 25.4 Å². The van der Waals surface area contributed by atoms with Gasteiger partial charge in [0.05, 0.1) is 17.5 Å². The highest BCUT2D eigenvalue weighted by atomic mass is 32.2. The second-order valence-electron chi connectivity index (χ2n) is 11.9. The molecule has 50 heavy (non-hydrogen) atoms. The fourth-order valence-electron chi connectivity index (χ4n) is 6.32. The van der Waals surface area contributed by atoms with Crippen LogP contribution in [0.5, 0.6) is 5.75 Å². The van der Waals surface area contributed by atoms with E-state index >= 15 is 8.78 Å². The zero-order chi connectivity index (χ0) is 35.6. The largest absolute Gasteiger partial charge is 0.506 e. The van der Waals surface area contributed by atoms with Crippen molar-refractivity contribution >= 4 is 67.0 Å². The lowest BCUT2D eigenvalue weighted by Gasteiger charge is -2.21. The van der Waals surface area contributed by atoms with E-state index in [1.807, 2.05) is 0 Å². The van der Waals surface area contributed by atoms with Crippen molar-refractivity contribution in [2.45, 2.75) is 25.3 Å². The van der Waals surface area contributed by atoms with Crippen LogP contribution in [0.3, 0.4) is 0 Å². The molecule has 3 heterocycles. The van der Waals surface area contributed by atoms with Gasteiger partial charge in [0.15, 0.2) is 5.82 Å². The predicted molar refractivity (Wildman–Crippen MR) is 176 cm³/mol.